The molecule has 0 bridgehead atoms. The summed E-state index contributed by atoms with van der Waals surface area (Å²) in [4.78, 5) is 28.8. The minimum Gasteiger partial charge on any atom is -0.356 e. The SMILES string of the molecule is O=C(NCCNS(=O)(=O)c1cccc([N+](=O)[O-])c1)c1cccnc1N1CCCC1. The fourth-order valence-corrected chi connectivity index (χ4v) is 4.13. The topological polar surface area (TPSA) is 135 Å². The number of amides is 1. The van der Waals surface area contributed by atoms with Crippen LogP contribution in [0.25, 0.3) is 0 Å². The highest BCUT2D eigenvalue weighted by atomic mass is 32.2. The minimum atomic E-state index is -3.93. The van der Waals surface area contributed by atoms with Gasteiger partial charge in [0.15, 0.2) is 0 Å². The highest BCUT2D eigenvalue weighted by Gasteiger charge is 2.21. The molecular formula is C18H21N5O5S. The van der Waals surface area contributed by atoms with Gasteiger partial charge >= 0.3 is 0 Å². The molecule has 11 heteroatoms. The van der Waals surface area contributed by atoms with Crippen LogP contribution in [0.15, 0.2) is 47.5 Å². The van der Waals surface area contributed by atoms with Gasteiger partial charge in [-0.2, -0.15) is 0 Å². The fraction of sp³-hybridized carbons (Fsp3) is 0.333. The van der Waals surface area contributed by atoms with Crippen molar-refractivity contribution in [1.29, 1.82) is 0 Å². The highest BCUT2D eigenvalue weighted by Crippen LogP contribution is 2.21. The Balaban J connectivity index is 1.57. The van der Waals surface area contributed by atoms with Gasteiger partial charge in [-0.3, -0.25) is 14.9 Å². The van der Waals surface area contributed by atoms with Gasteiger partial charge in [-0.1, -0.05) is 6.07 Å². The standard InChI is InChI=1S/C18H21N5O5S/c24-18(16-7-4-8-19-17(16)22-11-1-2-12-22)20-9-10-21-29(27,28)15-6-3-5-14(13-15)23(25)26/h3-8,13,21H,1-2,9-12H2,(H,20,24). The molecule has 0 radical (unpaired) electrons. The van der Waals surface area contributed by atoms with Crippen LogP contribution in [0.2, 0.25) is 0 Å². The van der Waals surface area contributed by atoms with Gasteiger partial charge in [0, 0.05) is 44.5 Å². The second-order valence-electron chi connectivity index (χ2n) is 6.48. The maximum Gasteiger partial charge on any atom is 0.270 e. The number of non-ortho nitro benzene ring substituents is 1. The molecule has 0 saturated carbocycles. The number of benzene rings is 1. The Bertz CT molecular complexity index is 1010. The summed E-state index contributed by atoms with van der Waals surface area (Å²) < 4.78 is 26.9. The number of carbonyl (C=O) groups excluding carboxylic acids is 1. The summed E-state index contributed by atoms with van der Waals surface area (Å²) in [6.07, 6.45) is 3.74. The monoisotopic (exact) mass is 419 g/mol. The first kappa shape index (κ1) is 20.7. The van der Waals surface area contributed by atoms with Crippen LogP contribution in [0.1, 0.15) is 23.2 Å². The summed E-state index contributed by atoms with van der Waals surface area (Å²) in [5.41, 5.74) is 0.128. The van der Waals surface area contributed by atoms with Gasteiger partial charge in [0.25, 0.3) is 11.6 Å². The van der Waals surface area contributed by atoms with Crippen molar-refractivity contribution in [2.45, 2.75) is 17.7 Å². The smallest absolute Gasteiger partial charge is 0.270 e. The lowest BCUT2D eigenvalue weighted by Crippen LogP contribution is -2.35. The van der Waals surface area contributed by atoms with E-state index in [1.165, 1.54) is 18.2 Å². The number of hydrogen-bond donors (Lipinski definition) is 2. The average Bonchev–Trinajstić information content (AvgIpc) is 3.26. The summed E-state index contributed by atoms with van der Waals surface area (Å²) in [7, 11) is -3.93. The molecule has 0 spiro atoms. The second kappa shape index (κ2) is 8.97. The number of rotatable bonds is 8. The second-order valence-corrected chi connectivity index (χ2v) is 8.24. The molecule has 1 aliphatic heterocycles. The molecule has 2 aromatic rings. The number of aromatic nitrogens is 1. The zero-order valence-corrected chi connectivity index (χ0v) is 16.4. The number of carbonyl (C=O) groups is 1. The van der Waals surface area contributed by atoms with E-state index >= 15 is 0 Å². The molecule has 1 amide bonds. The normalized spacial score (nSPS) is 14.0. The molecule has 1 fully saturated rings. The van der Waals surface area contributed by atoms with E-state index in [4.69, 9.17) is 0 Å². The Labute approximate surface area is 168 Å². The molecule has 29 heavy (non-hydrogen) atoms. The van der Waals surface area contributed by atoms with E-state index < -0.39 is 14.9 Å². The summed E-state index contributed by atoms with van der Waals surface area (Å²) in [5.74, 6) is 0.286. The lowest BCUT2D eigenvalue weighted by Gasteiger charge is -2.19. The van der Waals surface area contributed by atoms with Gasteiger partial charge in [-0.25, -0.2) is 18.1 Å². The van der Waals surface area contributed by atoms with Crippen molar-refractivity contribution < 1.29 is 18.1 Å². The first-order valence-corrected chi connectivity index (χ1v) is 10.6. The number of anilines is 1. The third kappa shape index (κ3) is 5.06. The number of hydrogen-bond acceptors (Lipinski definition) is 7. The summed E-state index contributed by atoms with van der Waals surface area (Å²) in [6, 6.07) is 8.13. The van der Waals surface area contributed by atoms with Crippen molar-refractivity contribution in [2.75, 3.05) is 31.1 Å². The van der Waals surface area contributed by atoms with Crippen LogP contribution >= 0.6 is 0 Å². The van der Waals surface area contributed by atoms with Crippen molar-refractivity contribution in [3.63, 3.8) is 0 Å². The summed E-state index contributed by atoms with van der Waals surface area (Å²) in [5, 5.41) is 13.5. The molecule has 0 atom stereocenters. The molecule has 0 aliphatic carbocycles. The first-order chi connectivity index (χ1) is 13.9. The van der Waals surface area contributed by atoms with Gasteiger partial charge in [0.05, 0.1) is 15.4 Å². The van der Waals surface area contributed by atoms with Crippen LogP contribution < -0.4 is 14.9 Å². The zero-order chi connectivity index (χ0) is 20.9. The molecule has 1 saturated heterocycles. The molecule has 154 valence electrons. The summed E-state index contributed by atoms with van der Waals surface area (Å²) >= 11 is 0. The molecule has 3 rings (SSSR count). The molecule has 2 heterocycles. The number of nitro groups is 1. The van der Waals surface area contributed by atoms with Crippen molar-refractivity contribution >= 4 is 27.4 Å². The van der Waals surface area contributed by atoms with Crippen molar-refractivity contribution in [3.05, 3.63) is 58.3 Å². The third-order valence-electron chi connectivity index (χ3n) is 4.48. The Kier molecular flexibility index (Phi) is 6.39. The Hall–Kier alpha value is -3.05. The van der Waals surface area contributed by atoms with Crippen LogP contribution in [-0.2, 0) is 10.0 Å². The van der Waals surface area contributed by atoms with Gasteiger partial charge in [0.1, 0.15) is 5.82 Å². The molecule has 2 N–H and O–H groups in total. The van der Waals surface area contributed by atoms with Crippen LogP contribution in [0.5, 0.6) is 0 Å². The Morgan fingerprint density at radius 1 is 1.17 bits per heavy atom. The fourth-order valence-electron chi connectivity index (χ4n) is 3.06. The Morgan fingerprint density at radius 3 is 2.66 bits per heavy atom. The lowest BCUT2D eigenvalue weighted by molar-refractivity contribution is -0.385. The van der Waals surface area contributed by atoms with E-state index in [1.54, 1.807) is 18.3 Å². The first-order valence-electron chi connectivity index (χ1n) is 9.11. The molecule has 10 nitrogen and oxygen atoms in total. The number of nitrogens with one attached hydrogen (secondary N) is 2. The number of sulfonamides is 1. The molecule has 0 unspecified atom stereocenters. The minimum absolute atomic E-state index is 0.0569. The van der Waals surface area contributed by atoms with E-state index in [0.717, 1.165) is 32.0 Å². The molecule has 1 aromatic carbocycles. The highest BCUT2D eigenvalue weighted by molar-refractivity contribution is 7.89. The number of pyridine rings is 1. The van der Waals surface area contributed by atoms with Gasteiger partial charge < -0.3 is 10.2 Å². The average molecular weight is 419 g/mol. The van der Waals surface area contributed by atoms with E-state index in [0.29, 0.717) is 11.4 Å². The quantitative estimate of drug-likeness (QED) is 0.374. The van der Waals surface area contributed by atoms with Crippen LogP contribution in [-0.4, -0.2) is 50.4 Å². The van der Waals surface area contributed by atoms with Crippen LogP contribution in [0, 0.1) is 10.1 Å². The lowest BCUT2D eigenvalue weighted by atomic mass is 10.2. The van der Waals surface area contributed by atoms with Crippen molar-refractivity contribution in [1.82, 2.24) is 15.0 Å². The summed E-state index contributed by atoms with van der Waals surface area (Å²) in [6.45, 7) is 1.69. The number of nitrogens with zero attached hydrogens (tertiary/aromatic N) is 3. The third-order valence-corrected chi connectivity index (χ3v) is 5.94. The number of nitro benzene ring substituents is 1. The van der Waals surface area contributed by atoms with Crippen molar-refractivity contribution in [2.24, 2.45) is 0 Å². The van der Waals surface area contributed by atoms with E-state index in [9.17, 15) is 23.3 Å². The zero-order valence-electron chi connectivity index (χ0n) is 15.6. The van der Waals surface area contributed by atoms with Gasteiger partial charge in [0.2, 0.25) is 10.0 Å². The van der Waals surface area contributed by atoms with Crippen molar-refractivity contribution in [3.8, 4) is 0 Å². The van der Waals surface area contributed by atoms with E-state index in [2.05, 4.69) is 19.9 Å². The van der Waals surface area contributed by atoms with Gasteiger partial charge in [-0.05, 0) is 31.0 Å². The van der Waals surface area contributed by atoms with E-state index in [-0.39, 0.29) is 29.6 Å². The molecule has 1 aliphatic rings. The van der Waals surface area contributed by atoms with E-state index in [1.807, 2.05) is 0 Å². The molecular weight excluding hydrogens is 398 g/mol. The molecule has 1 aromatic heterocycles. The van der Waals surface area contributed by atoms with Crippen LogP contribution in [0.3, 0.4) is 0 Å². The Morgan fingerprint density at radius 2 is 1.93 bits per heavy atom. The maximum atomic E-state index is 12.5. The predicted molar refractivity (Wildman–Crippen MR) is 106 cm³/mol. The maximum absolute atomic E-state index is 12.5. The largest absolute Gasteiger partial charge is 0.356 e. The van der Waals surface area contributed by atoms with Crippen LogP contribution in [0.4, 0.5) is 11.5 Å². The predicted octanol–water partition coefficient (Wildman–Crippen LogP) is 1.30. The van der Waals surface area contributed by atoms with Gasteiger partial charge in [-0.15, -0.1) is 0 Å².